The smallest absolute Gasteiger partial charge is 0.227 e. The Morgan fingerprint density at radius 3 is 2.88 bits per heavy atom. The van der Waals surface area contributed by atoms with Gasteiger partial charge in [0.05, 0.1) is 31.9 Å². The molecule has 25 heavy (non-hydrogen) atoms. The molecule has 0 radical (unpaired) electrons. The van der Waals surface area contributed by atoms with Gasteiger partial charge in [0.1, 0.15) is 18.9 Å². The lowest BCUT2D eigenvalue weighted by atomic mass is 10.2. The highest BCUT2D eigenvalue weighted by molar-refractivity contribution is 5.76. The number of hydrogen-bond acceptors (Lipinski definition) is 5. The maximum atomic E-state index is 13.7. The molecule has 0 aliphatic carbocycles. The Morgan fingerprint density at radius 1 is 1.28 bits per heavy atom. The summed E-state index contributed by atoms with van der Waals surface area (Å²) in [6, 6.07) is 6.24. The summed E-state index contributed by atoms with van der Waals surface area (Å²) in [5.74, 6) is 0.0631. The summed E-state index contributed by atoms with van der Waals surface area (Å²) >= 11 is 0. The number of benzene rings is 1. The number of carbonyl (C=O) groups is 1. The molecule has 2 heterocycles. The summed E-state index contributed by atoms with van der Waals surface area (Å²) in [4.78, 5) is 17.5. The van der Waals surface area contributed by atoms with Crippen LogP contribution in [0.4, 0.5) is 4.39 Å². The number of halogens is 1. The van der Waals surface area contributed by atoms with E-state index in [1.54, 1.807) is 18.2 Å². The van der Waals surface area contributed by atoms with E-state index in [0.717, 1.165) is 32.8 Å². The van der Waals surface area contributed by atoms with E-state index in [1.165, 1.54) is 11.0 Å². The number of aromatic nitrogens is 2. The summed E-state index contributed by atoms with van der Waals surface area (Å²) in [6.45, 7) is 5.06. The van der Waals surface area contributed by atoms with Gasteiger partial charge >= 0.3 is 0 Å². The van der Waals surface area contributed by atoms with Gasteiger partial charge in [-0.2, -0.15) is 4.98 Å². The zero-order valence-corrected chi connectivity index (χ0v) is 14.0. The molecule has 1 aromatic heterocycles. The van der Waals surface area contributed by atoms with E-state index < -0.39 is 5.82 Å². The van der Waals surface area contributed by atoms with Gasteiger partial charge in [-0.25, -0.2) is 4.39 Å². The first-order valence-electron chi connectivity index (χ1n) is 8.48. The van der Waals surface area contributed by atoms with Gasteiger partial charge in [-0.3, -0.25) is 4.79 Å². The maximum absolute atomic E-state index is 13.7. The van der Waals surface area contributed by atoms with Gasteiger partial charge in [-0.1, -0.05) is 17.3 Å². The van der Waals surface area contributed by atoms with Crippen molar-refractivity contribution in [3.8, 4) is 11.4 Å². The van der Waals surface area contributed by atoms with Crippen molar-refractivity contribution in [2.45, 2.75) is 12.8 Å². The number of nitrogens with one attached hydrogen (secondary N) is 2. The van der Waals surface area contributed by atoms with Crippen molar-refractivity contribution < 1.29 is 23.3 Å². The highest BCUT2D eigenvalue weighted by Gasteiger charge is 2.15. The van der Waals surface area contributed by atoms with Gasteiger partial charge in [0, 0.05) is 12.8 Å². The fraction of sp³-hybridized carbons (Fsp3) is 0.471. The molecule has 0 unspecified atom stereocenters. The molecule has 0 bridgehead atoms. The molecule has 7 nitrogen and oxygen atoms in total. The normalized spacial score (nSPS) is 15.2. The van der Waals surface area contributed by atoms with Crippen molar-refractivity contribution in [1.29, 1.82) is 0 Å². The minimum absolute atomic E-state index is 0.0571. The fourth-order valence-electron chi connectivity index (χ4n) is 2.71. The Bertz CT molecular complexity index is 701. The molecule has 1 saturated heterocycles. The Balaban J connectivity index is 1.41. The van der Waals surface area contributed by atoms with Crippen LogP contribution in [0.5, 0.6) is 0 Å². The topological polar surface area (TPSA) is 81.7 Å². The first kappa shape index (κ1) is 17.5. The van der Waals surface area contributed by atoms with Gasteiger partial charge < -0.3 is 19.5 Å². The molecule has 0 spiro atoms. The highest BCUT2D eigenvalue weighted by Crippen LogP contribution is 2.19. The van der Waals surface area contributed by atoms with Crippen LogP contribution in [-0.4, -0.2) is 55.4 Å². The lowest BCUT2D eigenvalue weighted by molar-refractivity contribution is -0.906. The van der Waals surface area contributed by atoms with Crippen LogP contribution < -0.4 is 10.2 Å². The van der Waals surface area contributed by atoms with E-state index >= 15 is 0 Å². The number of ether oxygens (including phenoxy) is 1. The number of amides is 1. The number of rotatable bonds is 7. The molecule has 0 atom stereocenters. The highest BCUT2D eigenvalue weighted by atomic mass is 19.1. The second kappa shape index (κ2) is 8.68. The van der Waals surface area contributed by atoms with Crippen LogP contribution >= 0.6 is 0 Å². The predicted octanol–water partition coefficient (Wildman–Crippen LogP) is -0.160. The van der Waals surface area contributed by atoms with E-state index in [1.807, 2.05) is 0 Å². The number of quaternary nitrogens is 1. The second-order valence-corrected chi connectivity index (χ2v) is 5.95. The van der Waals surface area contributed by atoms with Crippen LogP contribution in [0.2, 0.25) is 0 Å². The van der Waals surface area contributed by atoms with Gasteiger partial charge in [0.25, 0.3) is 0 Å². The summed E-state index contributed by atoms with van der Waals surface area (Å²) in [6.07, 6.45) is 0.592. The van der Waals surface area contributed by atoms with Crippen LogP contribution in [0.3, 0.4) is 0 Å². The van der Waals surface area contributed by atoms with E-state index in [0.29, 0.717) is 18.9 Å². The van der Waals surface area contributed by atoms with Gasteiger partial charge in [-0.15, -0.1) is 0 Å². The molecule has 1 aliphatic heterocycles. The van der Waals surface area contributed by atoms with Crippen molar-refractivity contribution in [3.63, 3.8) is 0 Å². The van der Waals surface area contributed by atoms with Gasteiger partial charge in [0.2, 0.25) is 17.6 Å². The Labute approximate surface area is 145 Å². The van der Waals surface area contributed by atoms with E-state index in [2.05, 4.69) is 15.5 Å². The number of nitrogens with zero attached hydrogens (tertiary/aromatic N) is 2. The third-order valence-corrected chi connectivity index (χ3v) is 4.15. The third-order valence-electron chi connectivity index (χ3n) is 4.15. The molecule has 1 aliphatic rings. The number of carbonyl (C=O) groups excluding carboxylic acids is 1. The SMILES string of the molecule is O=C(CCc1nc(-c2ccccc2F)no1)NCC[NH+]1CCOCC1. The van der Waals surface area contributed by atoms with Crippen LogP contribution in [0.25, 0.3) is 11.4 Å². The molecule has 1 amide bonds. The van der Waals surface area contributed by atoms with Gasteiger partial charge in [-0.05, 0) is 12.1 Å². The average Bonchev–Trinajstić information content (AvgIpc) is 3.10. The largest absolute Gasteiger partial charge is 0.370 e. The van der Waals surface area contributed by atoms with Crippen molar-refractivity contribution in [3.05, 3.63) is 36.0 Å². The molecule has 2 N–H and O–H groups in total. The van der Waals surface area contributed by atoms with Crippen molar-refractivity contribution >= 4 is 5.91 Å². The molecule has 0 saturated carbocycles. The molecule has 1 aromatic carbocycles. The quantitative estimate of drug-likeness (QED) is 0.726. The molecular weight excluding hydrogens is 327 g/mol. The van der Waals surface area contributed by atoms with E-state index in [9.17, 15) is 9.18 Å². The zero-order valence-electron chi connectivity index (χ0n) is 14.0. The van der Waals surface area contributed by atoms with Crippen LogP contribution in [-0.2, 0) is 16.0 Å². The van der Waals surface area contributed by atoms with E-state index in [4.69, 9.17) is 9.26 Å². The van der Waals surface area contributed by atoms with Crippen molar-refractivity contribution in [2.75, 3.05) is 39.4 Å². The number of aryl methyl sites for hydroxylation is 1. The first-order chi connectivity index (χ1) is 12.2. The minimum Gasteiger partial charge on any atom is -0.370 e. The van der Waals surface area contributed by atoms with Crippen LogP contribution in [0.1, 0.15) is 12.3 Å². The number of hydrogen-bond donors (Lipinski definition) is 2. The third kappa shape index (κ3) is 5.07. The van der Waals surface area contributed by atoms with Crippen LogP contribution in [0, 0.1) is 5.82 Å². The van der Waals surface area contributed by atoms with Crippen molar-refractivity contribution in [1.82, 2.24) is 15.5 Å². The minimum atomic E-state index is -0.404. The molecular formula is C17H22FN4O3+. The first-order valence-corrected chi connectivity index (χ1v) is 8.48. The lowest BCUT2D eigenvalue weighted by Gasteiger charge is -2.23. The Kier molecular flexibility index (Phi) is 6.08. The summed E-state index contributed by atoms with van der Waals surface area (Å²) in [5, 5.41) is 6.67. The molecule has 1 fully saturated rings. The summed E-state index contributed by atoms with van der Waals surface area (Å²) in [5.41, 5.74) is 0.287. The standard InChI is InChI=1S/C17H21FN4O3/c18-14-4-2-1-3-13(14)17-20-16(25-21-17)6-5-15(23)19-7-8-22-9-11-24-12-10-22/h1-4H,5-12H2,(H,19,23)/p+1. The van der Waals surface area contributed by atoms with Crippen LogP contribution in [0.15, 0.2) is 28.8 Å². The van der Waals surface area contributed by atoms with E-state index in [-0.39, 0.29) is 23.7 Å². The summed E-state index contributed by atoms with van der Waals surface area (Å²) < 4.78 is 24.1. The molecule has 134 valence electrons. The Hall–Kier alpha value is -2.32. The second-order valence-electron chi connectivity index (χ2n) is 5.95. The molecule has 8 heteroatoms. The maximum Gasteiger partial charge on any atom is 0.227 e. The molecule has 2 aromatic rings. The fourth-order valence-corrected chi connectivity index (χ4v) is 2.71. The molecule has 3 rings (SSSR count). The Morgan fingerprint density at radius 2 is 2.08 bits per heavy atom. The average molecular weight is 349 g/mol. The number of morpholine rings is 1. The zero-order chi connectivity index (χ0) is 17.5. The predicted molar refractivity (Wildman–Crippen MR) is 87.4 cm³/mol. The van der Waals surface area contributed by atoms with Crippen molar-refractivity contribution in [2.24, 2.45) is 0 Å². The van der Waals surface area contributed by atoms with Gasteiger partial charge in [0.15, 0.2) is 0 Å². The summed E-state index contributed by atoms with van der Waals surface area (Å²) in [7, 11) is 0. The lowest BCUT2D eigenvalue weighted by Crippen LogP contribution is -3.14. The monoisotopic (exact) mass is 349 g/mol.